The van der Waals surface area contributed by atoms with Crippen molar-refractivity contribution in [3.8, 4) is 0 Å². The zero-order valence-electron chi connectivity index (χ0n) is 22.0. The Hall–Kier alpha value is -2.93. The van der Waals surface area contributed by atoms with E-state index >= 15 is 0 Å². The molecule has 0 spiro atoms. The van der Waals surface area contributed by atoms with Crippen molar-refractivity contribution in [3.05, 3.63) is 58.1 Å². The number of hydrogen-bond acceptors (Lipinski definition) is 9. The molecule has 0 saturated heterocycles. The second-order valence-corrected chi connectivity index (χ2v) is 12.7. The molecule has 3 rings (SSSR count). The van der Waals surface area contributed by atoms with Crippen molar-refractivity contribution in [1.29, 1.82) is 0 Å². The summed E-state index contributed by atoms with van der Waals surface area (Å²) in [5.41, 5.74) is 2.08. The molecule has 0 aliphatic carbocycles. The van der Waals surface area contributed by atoms with Gasteiger partial charge in [0.05, 0.1) is 32.5 Å². The first-order valence-electron chi connectivity index (χ1n) is 11.6. The topological polar surface area (TPSA) is 95.1 Å². The fourth-order valence-electron chi connectivity index (χ4n) is 3.33. The highest BCUT2D eigenvalue weighted by molar-refractivity contribution is 7.93. The monoisotopic (exact) mass is 583 g/mol. The molecule has 0 fully saturated rings. The Morgan fingerprint density at radius 3 is 2.37 bits per heavy atom. The normalized spacial score (nSPS) is 11.9. The minimum absolute atomic E-state index is 0.0831. The molecule has 9 nitrogen and oxygen atoms in total. The summed E-state index contributed by atoms with van der Waals surface area (Å²) in [6, 6.07) is 8.37. The number of sulfonamides is 1. The van der Waals surface area contributed by atoms with E-state index in [4.69, 9.17) is 16.3 Å². The van der Waals surface area contributed by atoms with E-state index in [-0.39, 0.29) is 21.6 Å². The Balaban J connectivity index is 1.94. The minimum Gasteiger partial charge on any atom is -0.443 e. The van der Waals surface area contributed by atoms with Gasteiger partial charge in [0, 0.05) is 25.5 Å². The number of benzene rings is 2. The van der Waals surface area contributed by atoms with Crippen molar-refractivity contribution in [1.82, 2.24) is 9.88 Å². The van der Waals surface area contributed by atoms with Crippen LogP contribution in [0.25, 0.3) is 0 Å². The number of carbonyl (C=O) groups is 1. The van der Waals surface area contributed by atoms with Gasteiger partial charge in [-0.25, -0.2) is 22.6 Å². The lowest BCUT2D eigenvalue weighted by Gasteiger charge is -2.26. The Morgan fingerprint density at radius 2 is 1.79 bits per heavy atom. The van der Waals surface area contributed by atoms with E-state index in [2.05, 4.69) is 10.3 Å². The molecule has 0 aliphatic rings. The van der Waals surface area contributed by atoms with Crippen LogP contribution in [0.1, 0.15) is 20.8 Å². The van der Waals surface area contributed by atoms with Crippen molar-refractivity contribution < 1.29 is 22.3 Å². The van der Waals surface area contributed by atoms with Crippen LogP contribution < -0.4 is 14.5 Å². The standard InChI is InChI=1S/C25H31ClFN5O4S2/c1-25(2,3)36-24(33)32(23-15-37-16-28-23)38(34,35)18-8-10-20(19(26)14-18)29-21-9-7-17(27)13-22(21)31(6)12-11-30(4)5/h7-10,13-16,29H,11-12H2,1-6H3. The molecule has 0 unspecified atom stereocenters. The molecule has 0 aliphatic heterocycles. The smallest absolute Gasteiger partial charge is 0.430 e. The van der Waals surface area contributed by atoms with Gasteiger partial charge in [0.15, 0.2) is 5.82 Å². The van der Waals surface area contributed by atoms with Gasteiger partial charge in [-0.15, -0.1) is 15.6 Å². The third-order valence-corrected chi connectivity index (χ3v) is 7.74. The van der Waals surface area contributed by atoms with Gasteiger partial charge in [-0.1, -0.05) is 11.6 Å². The number of amides is 1. The summed E-state index contributed by atoms with van der Waals surface area (Å²) in [5.74, 6) is -0.474. The second-order valence-electron chi connectivity index (χ2n) is 9.75. The number of carbonyl (C=O) groups excluding carboxylic acids is 1. The van der Waals surface area contributed by atoms with Gasteiger partial charge >= 0.3 is 6.09 Å². The number of hydrogen-bond donors (Lipinski definition) is 1. The first kappa shape index (κ1) is 29.6. The molecule has 13 heteroatoms. The lowest BCUT2D eigenvalue weighted by Crippen LogP contribution is -2.41. The van der Waals surface area contributed by atoms with E-state index in [1.165, 1.54) is 41.2 Å². The van der Waals surface area contributed by atoms with Gasteiger partial charge in [-0.05, 0) is 71.3 Å². The quantitative estimate of drug-likeness (QED) is 0.337. The molecule has 1 N–H and O–H groups in total. The van der Waals surface area contributed by atoms with Crippen molar-refractivity contribution in [2.75, 3.05) is 48.8 Å². The summed E-state index contributed by atoms with van der Waals surface area (Å²) >= 11 is 7.63. The highest BCUT2D eigenvalue weighted by Crippen LogP contribution is 2.35. The fourth-order valence-corrected chi connectivity index (χ4v) is 5.50. The summed E-state index contributed by atoms with van der Waals surface area (Å²) in [4.78, 5) is 20.6. The lowest BCUT2D eigenvalue weighted by molar-refractivity contribution is 0.0608. The Morgan fingerprint density at radius 1 is 1.11 bits per heavy atom. The predicted molar refractivity (Wildman–Crippen MR) is 151 cm³/mol. The number of rotatable bonds is 9. The maximum atomic E-state index is 14.1. The van der Waals surface area contributed by atoms with Gasteiger partial charge in [0.2, 0.25) is 0 Å². The zero-order chi connectivity index (χ0) is 28.3. The van der Waals surface area contributed by atoms with Gasteiger partial charge in [-0.3, -0.25) is 0 Å². The average molecular weight is 584 g/mol. The maximum Gasteiger partial charge on any atom is 0.430 e. The van der Waals surface area contributed by atoms with Crippen LogP contribution in [0.4, 0.5) is 32.1 Å². The summed E-state index contributed by atoms with van der Waals surface area (Å²) in [7, 11) is 1.33. The highest BCUT2D eigenvalue weighted by Gasteiger charge is 2.36. The molecule has 0 atom stereocenters. The number of nitrogens with one attached hydrogen (secondary N) is 1. The summed E-state index contributed by atoms with van der Waals surface area (Å²) < 4.78 is 47.0. The van der Waals surface area contributed by atoms with Crippen LogP contribution in [-0.2, 0) is 14.8 Å². The third kappa shape index (κ3) is 7.34. The van der Waals surface area contributed by atoms with Gasteiger partial charge in [-0.2, -0.15) is 0 Å². The van der Waals surface area contributed by atoms with E-state index in [0.29, 0.717) is 27.9 Å². The molecule has 3 aromatic rings. The molecular formula is C25H31ClFN5O4S2. The number of likely N-dealkylation sites (N-methyl/N-ethyl adjacent to an activating group) is 2. The summed E-state index contributed by atoms with van der Waals surface area (Å²) in [5, 5.41) is 4.68. The first-order valence-corrected chi connectivity index (χ1v) is 14.3. The minimum atomic E-state index is -4.42. The van der Waals surface area contributed by atoms with E-state index in [0.717, 1.165) is 17.9 Å². The second kappa shape index (κ2) is 11.9. The maximum absolute atomic E-state index is 14.1. The molecule has 1 heterocycles. The van der Waals surface area contributed by atoms with Crippen LogP contribution in [0.15, 0.2) is 52.2 Å². The average Bonchev–Trinajstić information content (AvgIpc) is 3.32. The number of thiazole rings is 1. The largest absolute Gasteiger partial charge is 0.443 e. The molecule has 0 saturated carbocycles. The third-order valence-electron chi connectivity index (χ3n) is 5.19. The first-order chi connectivity index (χ1) is 17.7. The SMILES string of the molecule is CN(C)CCN(C)c1cc(F)ccc1Nc1ccc(S(=O)(=O)N(C(=O)OC(C)(C)C)c2cscn2)cc1Cl. The van der Waals surface area contributed by atoms with E-state index in [9.17, 15) is 17.6 Å². The number of anilines is 4. The molecule has 2 aromatic carbocycles. The van der Waals surface area contributed by atoms with Crippen LogP contribution in [0.3, 0.4) is 0 Å². The van der Waals surface area contributed by atoms with Crippen molar-refractivity contribution in [3.63, 3.8) is 0 Å². The number of nitrogens with zero attached hydrogens (tertiary/aromatic N) is 4. The van der Waals surface area contributed by atoms with Gasteiger partial charge < -0.3 is 19.9 Å². The molecule has 0 radical (unpaired) electrons. The number of halogens is 2. The zero-order valence-corrected chi connectivity index (χ0v) is 24.4. The van der Waals surface area contributed by atoms with Crippen LogP contribution in [0, 0.1) is 5.82 Å². The molecule has 1 aromatic heterocycles. The van der Waals surface area contributed by atoms with E-state index < -0.39 is 21.7 Å². The fraction of sp³-hybridized carbons (Fsp3) is 0.360. The predicted octanol–water partition coefficient (Wildman–Crippen LogP) is 5.81. The number of aromatic nitrogens is 1. The van der Waals surface area contributed by atoms with E-state index in [1.807, 2.05) is 30.9 Å². The van der Waals surface area contributed by atoms with Crippen LogP contribution in [-0.4, -0.2) is 64.2 Å². The molecule has 0 bridgehead atoms. The lowest BCUT2D eigenvalue weighted by atomic mass is 10.2. The van der Waals surface area contributed by atoms with E-state index in [1.54, 1.807) is 26.8 Å². The Kier molecular flexibility index (Phi) is 9.24. The molecule has 206 valence electrons. The van der Waals surface area contributed by atoms with Crippen LogP contribution in [0.5, 0.6) is 0 Å². The van der Waals surface area contributed by atoms with Crippen molar-refractivity contribution in [2.45, 2.75) is 31.3 Å². The van der Waals surface area contributed by atoms with Crippen molar-refractivity contribution in [2.24, 2.45) is 0 Å². The van der Waals surface area contributed by atoms with Crippen LogP contribution >= 0.6 is 22.9 Å². The van der Waals surface area contributed by atoms with Gasteiger partial charge in [0.1, 0.15) is 11.4 Å². The molecular weight excluding hydrogens is 553 g/mol. The van der Waals surface area contributed by atoms with Gasteiger partial charge in [0.25, 0.3) is 10.0 Å². The molecule has 1 amide bonds. The van der Waals surface area contributed by atoms with Crippen LogP contribution in [0.2, 0.25) is 5.02 Å². The highest BCUT2D eigenvalue weighted by atomic mass is 35.5. The Labute approximate surface area is 231 Å². The molecule has 38 heavy (non-hydrogen) atoms. The van der Waals surface area contributed by atoms with Crippen molar-refractivity contribution >= 4 is 61.9 Å². The summed E-state index contributed by atoms with van der Waals surface area (Å²) in [6.45, 7) is 6.31. The summed E-state index contributed by atoms with van der Waals surface area (Å²) in [6.07, 6.45) is -1.08. The Bertz CT molecular complexity index is 1380. The number of ether oxygens (including phenoxy) is 1.